The molecule has 1 aliphatic heterocycles. The van der Waals surface area contributed by atoms with Crippen molar-refractivity contribution in [2.45, 2.75) is 19.9 Å². The molecule has 2 aromatic carbocycles. The van der Waals surface area contributed by atoms with Crippen LogP contribution in [0.25, 0.3) is 22.2 Å². The van der Waals surface area contributed by atoms with Crippen molar-refractivity contribution in [3.63, 3.8) is 0 Å². The van der Waals surface area contributed by atoms with E-state index in [-0.39, 0.29) is 0 Å². The SMILES string of the molecule is COc1cc2c(cc1OC)-c1c(C)c3cc(OC)c(OC)cc3n1CC2. The molecule has 0 radical (unpaired) electrons. The Morgan fingerprint density at radius 1 is 0.769 bits per heavy atom. The quantitative estimate of drug-likeness (QED) is 0.705. The lowest BCUT2D eigenvalue weighted by molar-refractivity contribution is 0.354. The highest BCUT2D eigenvalue weighted by Crippen LogP contribution is 2.45. The van der Waals surface area contributed by atoms with Gasteiger partial charge in [0.1, 0.15) is 0 Å². The zero-order valence-corrected chi connectivity index (χ0v) is 15.8. The fraction of sp³-hybridized carbons (Fsp3) is 0.333. The topological polar surface area (TPSA) is 41.9 Å². The van der Waals surface area contributed by atoms with Gasteiger partial charge in [-0.25, -0.2) is 0 Å². The third-order valence-corrected chi connectivity index (χ3v) is 5.29. The molecule has 2 heterocycles. The highest BCUT2D eigenvalue weighted by Gasteiger charge is 2.25. The molecule has 26 heavy (non-hydrogen) atoms. The van der Waals surface area contributed by atoms with Crippen LogP contribution in [0.2, 0.25) is 0 Å². The van der Waals surface area contributed by atoms with Crippen LogP contribution in [0.4, 0.5) is 0 Å². The van der Waals surface area contributed by atoms with E-state index in [2.05, 4.69) is 35.8 Å². The van der Waals surface area contributed by atoms with Gasteiger partial charge in [-0.1, -0.05) is 0 Å². The molecule has 5 nitrogen and oxygen atoms in total. The van der Waals surface area contributed by atoms with Gasteiger partial charge in [0.15, 0.2) is 23.0 Å². The molecule has 0 bridgehead atoms. The number of methoxy groups -OCH3 is 4. The summed E-state index contributed by atoms with van der Waals surface area (Å²) >= 11 is 0. The molecule has 0 saturated carbocycles. The van der Waals surface area contributed by atoms with Gasteiger partial charge >= 0.3 is 0 Å². The van der Waals surface area contributed by atoms with E-state index in [4.69, 9.17) is 18.9 Å². The molecule has 136 valence electrons. The standard InChI is InChI=1S/C21H23NO4/c1-12-14-9-18(24-3)20(26-5)11-16(14)22-7-6-13-8-17(23-2)19(25-4)10-15(13)21(12)22/h8-11H,6-7H2,1-5H3. The Labute approximate surface area is 153 Å². The maximum atomic E-state index is 5.53. The van der Waals surface area contributed by atoms with Crippen molar-refractivity contribution < 1.29 is 18.9 Å². The summed E-state index contributed by atoms with van der Waals surface area (Å²) in [4.78, 5) is 0. The fourth-order valence-electron chi connectivity index (χ4n) is 4.00. The van der Waals surface area contributed by atoms with Gasteiger partial charge in [0.25, 0.3) is 0 Å². The van der Waals surface area contributed by atoms with Gasteiger partial charge in [-0.05, 0) is 42.7 Å². The highest BCUT2D eigenvalue weighted by molar-refractivity contribution is 5.95. The first kappa shape index (κ1) is 16.6. The summed E-state index contributed by atoms with van der Waals surface area (Å²) in [6, 6.07) is 8.31. The minimum atomic E-state index is 0.749. The second-order valence-corrected chi connectivity index (χ2v) is 6.46. The van der Waals surface area contributed by atoms with Gasteiger partial charge in [0.05, 0.1) is 39.6 Å². The summed E-state index contributed by atoms with van der Waals surface area (Å²) in [6.45, 7) is 3.07. The van der Waals surface area contributed by atoms with Crippen LogP contribution in [0.5, 0.6) is 23.0 Å². The molecule has 0 N–H and O–H groups in total. The molecule has 0 spiro atoms. The van der Waals surface area contributed by atoms with Crippen LogP contribution in [-0.2, 0) is 13.0 Å². The molecule has 5 heteroatoms. The van der Waals surface area contributed by atoms with Crippen molar-refractivity contribution in [2.24, 2.45) is 0 Å². The van der Waals surface area contributed by atoms with Gasteiger partial charge in [-0.2, -0.15) is 0 Å². The number of fused-ring (bicyclic) bond motifs is 5. The molecule has 1 aromatic heterocycles. The Morgan fingerprint density at radius 2 is 1.35 bits per heavy atom. The average molecular weight is 353 g/mol. The number of ether oxygens (including phenoxy) is 4. The molecule has 0 amide bonds. The molecule has 0 fully saturated rings. The first-order valence-electron chi connectivity index (χ1n) is 8.63. The van der Waals surface area contributed by atoms with Crippen molar-refractivity contribution in [3.8, 4) is 34.3 Å². The number of rotatable bonds is 4. The zero-order chi connectivity index (χ0) is 18.4. The predicted octanol–water partition coefficient (Wildman–Crippen LogP) is 4.21. The van der Waals surface area contributed by atoms with Gasteiger partial charge in [-0.3, -0.25) is 0 Å². The molecule has 0 saturated heterocycles. The fourth-order valence-corrected chi connectivity index (χ4v) is 4.00. The Morgan fingerprint density at radius 3 is 2.00 bits per heavy atom. The number of hydrogen-bond donors (Lipinski definition) is 0. The molecule has 0 atom stereocenters. The van der Waals surface area contributed by atoms with Gasteiger partial charge in [0.2, 0.25) is 0 Å². The molecule has 4 rings (SSSR count). The van der Waals surface area contributed by atoms with E-state index in [9.17, 15) is 0 Å². The normalized spacial score (nSPS) is 12.5. The summed E-state index contributed by atoms with van der Waals surface area (Å²) in [5, 5.41) is 1.18. The van der Waals surface area contributed by atoms with Gasteiger partial charge in [0, 0.05) is 23.6 Å². The maximum Gasteiger partial charge on any atom is 0.162 e. The van der Waals surface area contributed by atoms with E-state index in [0.29, 0.717) is 0 Å². The monoisotopic (exact) mass is 353 g/mol. The van der Waals surface area contributed by atoms with Crippen molar-refractivity contribution >= 4 is 10.9 Å². The predicted molar refractivity (Wildman–Crippen MR) is 102 cm³/mol. The van der Waals surface area contributed by atoms with E-state index in [0.717, 1.165) is 41.5 Å². The second kappa shape index (κ2) is 6.16. The Balaban J connectivity index is 2.02. The lowest BCUT2D eigenvalue weighted by Gasteiger charge is -2.23. The number of aromatic nitrogens is 1. The minimum Gasteiger partial charge on any atom is -0.493 e. The zero-order valence-electron chi connectivity index (χ0n) is 15.8. The summed E-state index contributed by atoms with van der Waals surface area (Å²) in [5.41, 5.74) is 6.09. The molecule has 3 aromatic rings. The molecule has 0 unspecified atom stereocenters. The third kappa shape index (κ3) is 2.23. The van der Waals surface area contributed by atoms with E-state index in [1.165, 1.54) is 27.8 Å². The summed E-state index contributed by atoms with van der Waals surface area (Å²) in [5.74, 6) is 3.02. The van der Waals surface area contributed by atoms with Crippen molar-refractivity contribution in [1.29, 1.82) is 0 Å². The maximum absolute atomic E-state index is 5.53. The van der Waals surface area contributed by atoms with Crippen LogP contribution in [0, 0.1) is 6.92 Å². The van der Waals surface area contributed by atoms with Gasteiger partial charge in [-0.15, -0.1) is 0 Å². The lowest BCUT2D eigenvalue weighted by Crippen LogP contribution is -2.11. The number of nitrogens with zero attached hydrogens (tertiary/aromatic N) is 1. The van der Waals surface area contributed by atoms with E-state index < -0.39 is 0 Å². The molecule has 1 aliphatic rings. The molecular weight excluding hydrogens is 330 g/mol. The van der Waals surface area contributed by atoms with Gasteiger partial charge < -0.3 is 23.5 Å². The first-order chi connectivity index (χ1) is 12.6. The average Bonchev–Trinajstić information content (AvgIpc) is 2.97. The van der Waals surface area contributed by atoms with Crippen LogP contribution in [-0.4, -0.2) is 33.0 Å². The molecule has 0 aliphatic carbocycles. The summed E-state index contributed by atoms with van der Waals surface area (Å²) in [6.07, 6.45) is 0.945. The van der Waals surface area contributed by atoms with Crippen molar-refractivity contribution in [1.82, 2.24) is 4.57 Å². The Bertz CT molecular complexity index is 1000. The van der Waals surface area contributed by atoms with Crippen molar-refractivity contribution in [3.05, 3.63) is 35.4 Å². The van der Waals surface area contributed by atoms with Crippen LogP contribution in [0.3, 0.4) is 0 Å². The minimum absolute atomic E-state index is 0.749. The number of aryl methyl sites for hydroxylation is 3. The lowest BCUT2D eigenvalue weighted by atomic mass is 9.95. The largest absolute Gasteiger partial charge is 0.493 e. The smallest absolute Gasteiger partial charge is 0.162 e. The molecular formula is C21H23NO4. The van der Waals surface area contributed by atoms with Crippen LogP contribution < -0.4 is 18.9 Å². The number of hydrogen-bond acceptors (Lipinski definition) is 4. The Kier molecular flexibility index (Phi) is 3.94. The Hall–Kier alpha value is -2.82. The first-order valence-corrected chi connectivity index (χ1v) is 8.63. The van der Waals surface area contributed by atoms with E-state index >= 15 is 0 Å². The van der Waals surface area contributed by atoms with Crippen LogP contribution >= 0.6 is 0 Å². The summed E-state index contributed by atoms with van der Waals surface area (Å²) < 4.78 is 24.4. The third-order valence-electron chi connectivity index (χ3n) is 5.29. The highest BCUT2D eigenvalue weighted by atomic mass is 16.5. The summed E-state index contributed by atoms with van der Waals surface area (Å²) in [7, 11) is 6.68. The second-order valence-electron chi connectivity index (χ2n) is 6.46. The van der Waals surface area contributed by atoms with E-state index in [1.807, 2.05) is 0 Å². The van der Waals surface area contributed by atoms with Crippen molar-refractivity contribution in [2.75, 3.05) is 28.4 Å². The number of benzene rings is 2. The van der Waals surface area contributed by atoms with E-state index in [1.54, 1.807) is 28.4 Å². The van der Waals surface area contributed by atoms with Crippen LogP contribution in [0.1, 0.15) is 11.1 Å². The van der Waals surface area contributed by atoms with Crippen LogP contribution in [0.15, 0.2) is 24.3 Å².